The van der Waals surface area contributed by atoms with E-state index >= 15 is 0 Å². The molecule has 4 N–H and O–H groups in total. The van der Waals surface area contributed by atoms with E-state index in [1.165, 1.54) is 6.33 Å². The molecule has 2 heterocycles. The summed E-state index contributed by atoms with van der Waals surface area (Å²) in [5.41, 5.74) is 5.34. The number of fused-ring (bicyclic) bond motifs is 1. The van der Waals surface area contributed by atoms with Crippen molar-refractivity contribution in [2.24, 2.45) is 5.92 Å². The molecule has 2 aromatic rings. The molecule has 3 rings (SSSR count). The maximum absolute atomic E-state index is 13.0. The highest BCUT2D eigenvalue weighted by molar-refractivity contribution is 7.53. The van der Waals surface area contributed by atoms with Crippen LogP contribution in [0, 0.1) is 5.92 Å². The summed E-state index contributed by atoms with van der Waals surface area (Å²) in [5, 5.41) is 6.87. The Hall–Kier alpha value is -2.40. The minimum atomic E-state index is -1.32. The molecule has 1 aliphatic rings. The average molecular weight is 580 g/mol. The van der Waals surface area contributed by atoms with E-state index in [2.05, 4.69) is 32.1 Å². The predicted molar refractivity (Wildman–Crippen MR) is 155 cm³/mol. The van der Waals surface area contributed by atoms with Crippen LogP contribution >= 0.6 is 8.22 Å². The van der Waals surface area contributed by atoms with Gasteiger partial charge in [0, 0.05) is 0 Å². The highest BCUT2D eigenvalue weighted by Gasteiger charge is 2.53. The van der Waals surface area contributed by atoms with Crippen molar-refractivity contribution in [3.05, 3.63) is 12.7 Å². The zero-order valence-electron chi connectivity index (χ0n) is 24.7. The Balaban J connectivity index is 1.65. The first-order valence-corrected chi connectivity index (χ1v) is 15.7. The number of hydrogen-bond donors (Lipinski definition) is 3. The second kappa shape index (κ2) is 14.5. The molecule has 12 nitrogen and oxygen atoms in total. The van der Waals surface area contributed by atoms with Gasteiger partial charge in [-0.25, -0.2) is 15.0 Å². The van der Waals surface area contributed by atoms with Gasteiger partial charge in [0.15, 0.2) is 11.5 Å². The van der Waals surface area contributed by atoms with Gasteiger partial charge in [-0.05, 0) is 46.0 Å². The fourth-order valence-electron chi connectivity index (χ4n) is 4.04. The van der Waals surface area contributed by atoms with Gasteiger partial charge < -0.3 is 24.5 Å². The number of aromatic nitrogens is 4. The number of rotatable bonds is 18. The van der Waals surface area contributed by atoms with Crippen LogP contribution in [0.25, 0.3) is 11.2 Å². The number of hydrogen-bond acceptors (Lipinski definition) is 11. The van der Waals surface area contributed by atoms with E-state index in [-0.39, 0.29) is 30.3 Å². The molecule has 2 atom stereocenters. The molecule has 0 radical (unpaired) electrons. The van der Waals surface area contributed by atoms with Crippen molar-refractivity contribution >= 4 is 37.1 Å². The molecular formula is C27H46N7O5P. The molecule has 1 fully saturated rings. The third-order valence-corrected chi connectivity index (χ3v) is 8.50. The summed E-state index contributed by atoms with van der Waals surface area (Å²) in [6, 6.07) is 0. The number of imidazole rings is 1. The third kappa shape index (κ3) is 9.06. The van der Waals surface area contributed by atoms with Crippen molar-refractivity contribution in [2.45, 2.75) is 104 Å². The van der Waals surface area contributed by atoms with Crippen LogP contribution < -0.4 is 15.9 Å². The van der Waals surface area contributed by atoms with Crippen LogP contribution in [0.2, 0.25) is 0 Å². The van der Waals surface area contributed by atoms with Gasteiger partial charge in [-0.1, -0.05) is 40.0 Å². The van der Waals surface area contributed by atoms with Gasteiger partial charge in [-0.15, -0.1) is 0 Å². The molecule has 13 heteroatoms. The van der Waals surface area contributed by atoms with Crippen LogP contribution in [0.1, 0.15) is 80.1 Å². The second-order valence-electron chi connectivity index (χ2n) is 11.5. The van der Waals surface area contributed by atoms with E-state index in [1.54, 1.807) is 20.2 Å². The molecule has 224 valence electrons. The van der Waals surface area contributed by atoms with Crippen molar-refractivity contribution in [1.82, 2.24) is 29.7 Å². The van der Waals surface area contributed by atoms with Crippen molar-refractivity contribution in [2.75, 3.05) is 25.3 Å². The number of nitrogens with one attached hydrogen (secondary N) is 2. The zero-order valence-corrected chi connectivity index (χ0v) is 25.6. The Labute approximate surface area is 238 Å². The van der Waals surface area contributed by atoms with Crippen LogP contribution in [0.15, 0.2) is 12.7 Å². The molecule has 1 saturated carbocycles. The lowest BCUT2D eigenvalue weighted by molar-refractivity contribution is -0.149. The number of unbranched alkanes of at least 4 members (excludes halogenated alkanes) is 3. The van der Waals surface area contributed by atoms with Gasteiger partial charge in [-0.3, -0.25) is 19.8 Å². The fourth-order valence-corrected chi connectivity index (χ4v) is 6.23. The lowest BCUT2D eigenvalue weighted by atomic mass is 10.1. The first kappa shape index (κ1) is 32.1. The van der Waals surface area contributed by atoms with Gasteiger partial charge in [0.1, 0.15) is 22.9 Å². The minimum Gasteiger partial charge on any atom is -0.464 e. The maximum Gasteiger partial charge on any atom is 0.326 e. The van der Waals surface area contributed by atoms with E-state index < -0.39 is 19.3 Å². The van der Waals surface area contributed by atoms with E-state index in [0.29, 0.717) is 49.6 Å². The topological polar surface area (TPSA) is 156 Å². The quantitative estimate of drug-likeness (QED) is 0.134. The Bertz CT molecular complexity index is 1120. The van der Waals surface area contributed by atoms with Crippen molar-refractivity contribution in [3.8, 4) is 0 Å². The zero-order chi connectivity index (χ0) is 29.3. The number of carbonyl (C=O) groups excluding carboxylic acids is 2. The predicted octanol–water partition coefficient (Wildman–Crippen LogP) is 3.90. The maximum atomic E-state index is 13.0. The average Bonchev–Trinajstić information content (AvgIpc) is 3.57. The summed E-state index contributed by atoms with van der Waals surface area (Å²) in [6.07, 6.45) is 8.56. The SMILES string of the molecule is CCCCCCOC(=O)C(C)(C)NP(COC(C)Cn1cnc2c(N)ncnc21)NC1(C(=O)OCC(C)C)CC1. The molecule has 0 aliphatic heterocycles. The first-order valence-electron chi connectivity index (χ1n) is 14.2. The number of nitrogens with zero attached hydrogens (tertiary/aromatic N) is 4. The van der Waals surface area contributed by atoms with Crippen LogP contribution in [0.3, 0.4) is 0 Å². The molecular weight excluding hydrogens is 533 g/mol. The molecule has 0 aromatic carbocycles. The third-order valence-electron chi connectivity index (χ3n) is 6.56. The Morgan fingerprint density at radius 1 is 1.15 bits per heavy atom. The first-order chi connectivity index (χ1) is 19.0. The normalized spacial score (nSPS) is 16.2. The summed E-state index contributed by atoms with van der Waals surface area (Å²) in [4.78, 5) is 38.5. The molecule has 0 bridgehead atoms. The summed E-state index contributed by atoms with van der Waals surface area (Å²) in [7, 11) is -1.32. The van der Waals surface area contributed by atoms with Crippen LogP contribution in [0.5, 0.6) is 0 Å². The van der Waals surface area contributed by atoms with E-state index in [0.717, 1.165) is 25.7 Å². The van der Waals surface area contributed by atoms with Gasteiger partial charge in [0.2, 0.25) is 0 Å². The minimum absolute atomic E-state index is 0.223. The molecule has 1 aliphatic carbocycles. The van der Waals surface area contributed by atoms with Gasteiger partial charge in [0.25, 0.3) is 0 Å². The number of ether oxygens (including phenoxy) is 3. The highest BCUT2D eigenvalue weighted by Crippen LogP contribution is 2.45. The number of nitrogens with two attached hydrogens (primary N) is 1. The van der Waals surface area contributed by atoms with Crippen molar-refractivity contribution in [3.63, 3.8) is 0 Å². The summed E-state index contributed by atoms with van der Waals surface area (Å²) in [5.74, 6) is -0.0231. The molecule has 2 aromatic heterocycles. The molecule has 0 amide bonds. The smallest absolute Gasteiger partial charge is 0.326 e. The van der Waals surface area contributed by atoms with Gasteiger partial charge in [0.05, 0.1) is 46.8 Å². The Morgan fingerprint density at radius 3 is 2.58 bits per heavy atom. The van der Waals surface area contributed by atoms with E-state index in [9.17, 15) is 9.59 Å². The van der Waals surface area contributed by atoms with Crippen LogP contribution in [0.4, 0.5) is 5.82 Å². The molecule has 0 spiro atoms. The highest BCUT2D eigenvalue weighted by atomic mass is 31.1. The number of nitrogen functional groups attached to an aromatic ring is 1. The number of esters is 2. The van der Waals surface area contributed by atoms with Gasteiger partial charge >= 0.3 is 11.9 Å². The van der Waals surface area contributed by atoms with Crippen molar-refractivity contribution < 1.29 is 23.8 Å². The lowest BCUT2D eigenvalue weighted by Crippen LogP contribution is -2.50. The molecule has 2 unspecified atom stereocenters. The fraction of sp³-hybridized carbons (Fsp3) is 0.741. The summed E-state index contributed by atoms with van der Waals surface area (Å²) >= 11 is 0. The standard InChI is InChI=1S/C27H46N7O5P/c1-7-8-9-10-13-37-24(35)26(5,6)32-40(33-27(11-12-27)25(36)38-15-19(2)3)18-39-20(4)14-34-17-31-21-22(28)29-16-30-23(21)34/h16-17,19-20,32-33H,7-15,18H2,1-6H3,(H2,28,29,30). The van der Waals surface area contributed by atoms with Crippen LogP contribution in [-0.2, 0) is 30.3 Å². The molecule has 40 heavy (non-hydrogen) atoms. The van der Waals surface area contributed by atoms with E-state index in [4.69, 9.17) is 19.9 Å². The Morgan fingerprint density at radius 2 is 1.90 bits per heavy atom. The monoisotopic (exact) mass is 579 g/mol. The summed E-state index contributed by atoms with van der Waals surface area (Å²) < 4.78 is 19.2. The second-order valence-corrected chi connectivity index (χ2v) is 13.0. The number of anilines is 1. The van der Waals surface area contributed by atoms with E-state index in [1.807, 2.05) is 25.3 Å². The summed E-state index contributed by atoms with van der Waals surface area (Å²) in [6.45, 7) is 12.9. The number of carbonyl (C=O) groups is 2. The Kier molecular flexibility index (Phi) is 11.6. The molecule has 0 saturated heterocycles. The lowest BCUT2D eigenvalue weighted by Gasteiger charge is -2.33. The van der Waals surface area contributed by atoms with Gasteiger partial charge in [-0.2, -0.15) is 0 Å². The largest absolute Gasteiger partial charge is 0.464 e. The van der Waals surface area contributed by atoms with Crippen LogP contribution in [-0.4, -0.2) is 68.2 Å². The van der Waals surface area contributed by atoms with Crippen molar-refractivity contribution in [1.29, 1.82) is 0 Å².